The summed E-state index contributed by atoms with van der Waals surface area (Å²) in [6, 6.07) is 12.2. The molecule has 2 rings (SSSR count). The number of ether oxygens (including phenoxy) is 1. The molecule has 0 fully saturated rings. The average Bonchev–Trinajstić information content (AvgIpc) is 2.57. The minimum absolute atomic E-state index is 0.0471. The molecule has 24 heavy (non-hydrogen) atoms. The first-order chi connectivity index (χ1) is 11.6. The maximum absolute atomic E-state index is 13.4. The average molecular weight is 349 g/mol. The zero-order valence-corrected chi connectivity index (χ0v) is 13.7. The van der Waals surface area contributed by atoms with Gasteiger partial charge in [-0.1, -0.05) is 54.1 Å². The Morgan fingerprint density at radius 1 is 1.29 bits per heavy atom. The molecular formula is C18H18ClFN2O2. The molecule has 3 N–H and O–H groups in total. The lowest BCUT2D eigenvalue weighted by molar-refractivity contribution is 0.140. The largest absolute Gasteiger partial charge is 0.445 e. The highest BCUT2D eigenvalue weighted by Gasteiger charge is 2.04. The summed E-state index contributed by atoms with van der Waals surface area (Å²) >= 11 is 5.79. The van der Waals surface area contributed by atoms with Crippen LogP contribution in [0, 0.1) is 5.82 Å². The van der Waals surface area contributed by atoms with E-state index in [9.17, 15) is 9.18 Å². The normalized spacial score (nSPS) is 10.8. The first-order valence-corrected chi connectivity index (χ1v) is 7.79. The number of alkyl carbamates (subject to hydrolysis) is 1. The highest BCUT2D eigenvalue weighted by atomic mass is 35.5. The van der Waals surface area contributed by atoms with Crippen molar-refractivity contribution >= 4 is 29.5 Å². The molecule has 0 atom stereocenters. The third kappa shape index (κ3) is 5.59. The van der Waals surface area contributed by atoms with Crippen LogP contribution in [-0.2, 0) is 11.3 Å². The number of nitrogens with two attached hydrogens (primary N) is 1. The topological polar surface area (TPSA) is 64.3 Å². The van der Waals surface area contributed by atoms with Crippen LogP contribution in [0.3, 0.4) is 0 Å². The van der Waals surface area contributed by atoms with Crippen LogP contribution in [0.5, 0.6) is 0 Å². The molecule has 0 unspecified atom stereocenters. The van der Waals surface area contributed by atoms with Crippen molar-refractivity contribution in [3.05, 3.63) is 70.5 Å². The number of nitrogen functional groups attached to an aromatic ring is 1. The third-order valence-corrected chi connectivity index (χ3v) is 3.44. The molecule has 6 heteroatoms. The lowest BCUT2D eigenvalue weighted by Gasteiger charge is -2.06. The van der Waals surface area contributed by atoms with Crippen LogP contribution in [0.15, 0.2) is 48.5 Å². The molecule has 0 aliphatic carbocycles. The molecule has 1 amide bonds. The SMILES string of the molecule is Nc1c(F)cc(Cl)cc1C=CCCNC(=O)OCc1ccccc1. The van der Waals surface area contributed by atoms with Crippen molar-refractivity contribution in [3.8, 4) is 0 Å². The number of hydrogen-bond donors (Lipinski definition) is 2. The van der Waals surface area contributed by atoms with Gasteiger partial charge in [0, 0.05) is 17.1 Å². The summed E-state index contributed by atoms with van der Waals surface area (Å²) in [7, 11) is 0. The number of benzene rings is 2. The monoisotopic (exact) mass is 348 g/mol. The van der Waals surface area contributed by atoms with Gasteiger partial charge < -0.3 is 15.8 Å². The van der Waals surface area contributed by atoms with Crippen molar-refractivity contribution in [3.63, 3.8) is 0 Å². The highest BCUT2D eigenvalue weighted by Crippen LogP contribution is 2.23. The Hall–Kier alpha value is -2.53. The predicted molar refractivity (Wildman–Crippen MR) is 94.1 cm³/mol. The lowest BCUT2D eigenvalue weighted by Crippen LogP contribution is -2.24. The number of carbonyl (C=O) groups is 1. The van der Waals surface area contributed by atoms with Crippen molar-refractivity contribution in [1.29, 1.82) is 0 Å². The number of hydrogen-bond acceptors (Lipinski definition) is 3. The van der Waals surface area contributed by atoms with Gasteiger partial charge in [0.1, 0.15) is 12.4 Å². The molecule has 2 aromatic carbocycles. The van der Waals surface area contributed by atoms with Gasteiger partial charge in [0.25, 0.3) is 0 Å². The minimum Gasteiger partial charge on any atom is -0.445 e. The molecule has 0 aromatic heterocycles. The van der Waals surface area contributed by atoms with E-state index in [-0.39, 0.29) is 17.3 Å². The van der Waals surface area contributed by atoms with Gasteiger partial charge in [-0.25, -0.2) is 9.18 Å². The second-order valence-corrected chi connectivity index (χ2v) is 5.51. The molecule has 0 spiro atoms. The minimum atomic E-state index is -0.551. The van der Waals surface area contributed by atoms with E-state index in [0.717, 1.165) is 5.56 Å². The standard InChI is InChI=1S/C18H18ClFN2O2/c19-15-10-14(17(21)16(20)11-15)8-4-5-9-22-18(23)24-12-13-6-2-1-3-7-13/h1-4,6-8,10-11H,5,9,12,21H2,(H,22,23). The summed E-state index contributed by atoms with van der Waals surface area (Å²) in [6.07, 6.45) is 3.51. The van der Waals surface area contributed by atoms with E-state index < -0.39 is 11.9 Å². The van der Waals surface area contributed by atoms with Gasteiger partial charge in [0.15, 0.2) is 0 Å². The van der Waals surface area contributed by atoms with Gasteiger partial charge >= 0.3 is 6.09 Å². The van der Waals surface area contributed by atoms with Crippen LogP contribution in [0.25, 0.3) is 6.08 Å². The Labute approximate surface area is 145 Å². The molecule has 126 valence electrons. The van der Waals surface area contributed by atoms with Gasteiger partial charge in [-0.15, -0.1) is 0 Å². The summed E-state index contributed by atoms with van der Waals surface area (Å²) in [5, 5.41) is 2.91. The Morgan fingerprint density at radius 2 is 2.04 bits per heavy atom. The number of anilines is 1. The van der Waals surface area contributed by atoms with Crippen LogP contribution in [-0.4, -0.2) is 12.6 Å². The lowest BCUT2D eigenvalue weighted by atomic mass is 10.1. The van der Waals surface area contributed by atoms with Crippen LogP contribution in [0.4, 0.5) is 14.9 Å². The zero-order valence-electron chi connectivity index (χ0n) is 13.0. The van der Waals surface area contributed by atoms with Crippen molar-refractivity contribution in [2.24, 2.45) is 0 Å². The summed E-state index contributed by atoms with van der Waals surface area (Å²) in [5.74, 6) is -0.551. The highest BCUT2D eigenvalue weighted by molar-refractivity contribution is 6.30. The Balaban J connectivity index is 1.72. The fourth-order valence-electron chi connectivity index (χ4n) is 1.98. The van der Waals surface area contributed by atoms with Crippen LogP contribution in [0.1, 0.15) is 17.5 Å². The number of carbonyl (C=O) groups excluding carboxylic acids is 1. The summed E-state index contributed by atoms with van der Waals surface area (Å²) < 4.78 is 18.5. The maximum Gasteiger partial charge on any atom is 0.407 e. The quantitative estimate of drug-likeness (QED) is 0.601. The van der Waals surface area contributed by atoms with E-state index in [0.29, 0.717) is 18.5 Å². The molecule has 0 aliphatic heterocycles. The van der Waals surface area contributed by atoms with E-state index in [2.05, 4.69) is 5.32 Å². The van der Waals surface area contributed by atoms with Crippen molar-refractivity contribution in [2.75, 3.05) is 12.3 Å². The third-order valence-electron chi connectivity index (χ3n) is 3.22. The maximum atomic E-state index is 13.4. The first kappa shape index (κ1) is 17.8. The van der Waals surface area contributed by atoms with E-state index in [1.165, 1.54) is 6.07 Å². The summed E-state index contributed by atoms with van der Waals surface area (Å²) in [5.41, 5.74) is 7.11. The summed E-state index contributed by atoms with van der Waals surface area (Å²) in [4.78, 5) is 11.5. The van der Waals surface area contributed by atoms with Crippen molar-refractivity contribution in [2.45, 2.75) is 13.0 Å². The predicted octanol–water partition coefficient (Wildman–Crippen LogP) is 4.39. The van der Waals surface area contributed by atoms with Crippen LogP contribution >= 0.6 is 11.6 Å². The first-order valence-electron chi connectivity index (χ1n) is 7.42. The van der Waals surface area contributed by atoms with Crippen molar-refractivity contribution < 1.29 is 13.9 Å². The van der Waals surface area contributed by atoms with Crippen molar-refractivity contribution in [1.82, 2.24) is 5.32 Å². The van der Waals surface area contributed by atoms with Gasteiger partial charge in [-0.2, -0.15) is 0 Å². The molecule has 0 saturated heterocycles. The Morgan fingerprint density at radius 3 is 2.79 bits per heavy atom. The van der Waals surface area contributed by atoms with Gasteiger partial charge in [-0.3, -0.25) is 0 Å². The van der Waals surface area contributed by atoms with Gasteiger partial charge in [0.05, 0.1) is 5.69 Å². The van der Waals surface area contributed by atoms with Gasteiger partial charge in [-0.05, 0) is 24.1 Å². The number of nitrogens with one attached hydrogen (secondary N) is 1. The molecule has 2 aromatic rings. The zero-order chi connectivity index (χ0) is 17.4. The molecule has 0 radical (unpaired) electrons. The Bertz CT molecular complexity index is 720. The molecule has 0 heterocycles. The Kier molecular flexibility index (Phi) is 6.63. The van der Waals surface area contributed by atoms with Crippen LogP contribution in [0.2, 0.25) is 5.02 Å². The fourth-order valence-corrected chi connectivity index (χ4v) is 2.20. The molecule has 0 bridgehead atoms. The molecule has 4 nitrogen and oxygen atoms in total. The molecular weight excluding hydrogens is 331 g/mol. The van der Waals surface area contributed by atoms with E-state index in [4.69, 9.17) is 22.1 Å². The number of halogens is 2. The summed E-state index contributed by atoms with van der Waals surface area (Å²) in [6.45, 7) is 0.619. The second-order valence-electron chi connectivity index (χ2n) is 5.07. The smallest absolute Gasteiger partial charge is 0.407 e. The van der Waals surface area contributed by atoms with E-state index in [1.807, 2.05) is 30.3 Å². The second kappa shape index (κ2) is 8.93. The van der Waals surface area contributed by atoms with E-state index >= 15 is 0 Å². The van der Waals surface area contributed by atoms with E-state index in [1.54, 1.807) is 18.2 Å². The molecule has 0 aliphatic rings. The van der Waals surface area contributed by atoms with Gasteiger partial charge in [0.2, 0.25) is 0 Å². The number of amides is 1. The van der Waals surface area contributed by atoms with Crippen LogP contribution < -0.4 is 11.1 Å². The number of rotatable bonds is 6. The fraction of sp³-hybridized carbons (Fsp3) is 0.167. The molecule has 0 saturated carbocycles.